The maximum atomic E-state index is 9.09. The van der Waals surface area contributed by atoms with Gasteiger partial charge in [0.05, 0.1) is 6.10 Å². The molecule has 64 valence electrons. The van der Waals surface area contributed by atoms with Crippen molar-refractivity contribution in [3.63, 3.8) is 0 Å². The first-order valence-corrected chi connectivity index (χ1v) is 4.17. The average Bonchev–Trinajstić information content (AvgIpc) is 2.10. The fourth-order valence-corrected chi connectivity index (χ4v) is 1.54. The average molecular weight is 155 g/mol. The van der Waals surface area contributed by atoms with E-state index >= 15 is 0 Å². The third kappa shape index (κ3) is 2.31. The molecular weight excluding hydrogens is 138 g/mol. The van der Waals surface area contributed by atoms with E-state index in [1.807, 2.05) is 6.08 Å². The van der Waals surface area contributed by atoms with Crippen molar-refractivity contribution in [1.29, 1.82) is 0 Å². The quantitative estimate of drug-likeness (QED) is 0.571. The van der Waals surface area contributed by atoms with Crippen LogP contribution in [0.1, 0.15) is 20.3 Å². The van der Waals surface area contributed by atoms with Crippen LogP contribution in [-0.2, 0) is 0 Å². The van der Waals surface area contributed by atoms with Crippen LogP contribution in [0.25, 0.3) is 0 Å². The largest absolute Gasteiger partial charge is 0.389 e. The van der Waals surface area contributed by atoms with Crippen LogP contribution < -0.4 is 0 Å². The van der Waals surface area contributed by atoms with Gasteiger partial charge >= 0.3 is 0 Å². The second-order valence-corrected chi connectivity index (χ2v) is 3.53. The predicted octanol–water partition coefficient (Wildman–Crippen LogP) is 1.02. The second-order valence-electron chi connectivity index (χ2n) is 3.53. The van der Waals surface area contributed by atoms with E-state index in [1.165, 1.54) is 5.57 Å². The molecule has 1 aliphatic heterocycles. The highest BCUT2D eigenvalue weighted by molar-refractivity contribution is 5.13. The van der Waals surface area contributed by atoms with Crippen LogP contribution in [0.2, 0.25) is 0 Å². The van der Waals surface area contributed by atoms with Gasteiger partial charge in [0, 0.05) is 12.6 Å². The second kappa shape index (κ2) is 3.37. The van der Waals surface area contributed by atoms with Crippen LogP contribution in [0.3, 0.4) is 0 Å². The lowest BCUT2D eigenvalue weighted by Crippen LogP contribution is -2.20. The lowest BCUT2D eigenvalue weighted by Gasteiger charge is -2.11. The van der Waals surface area contributed by atoms with Crippen molar-refractivity contribution in [3.05, 3.63) is 11.6 Å². The molecule has 2 atom stereocenters. The number of hydrogen-bond acceptors (Lipinski definition) is 2. The van der Waals surface area contributed by atoms with E-state index in [0.29, 0.717) is 6.04 Å². The first kappa shape index (κ1) is 8.75. The van der Waals surface area contributed by atoms with E-state index in [2.05, 4.69) is 18.9 Å². The summed E-state index contributed by atoms with van der Waals surface area (Å²) in [5.74, 6) is 0. The van der Waals surface area contributed by atoms with Crippen molar-refractivity contribution in [3.8, 4) is 0 Å². The van der Waals surface area contributed by atoms with Crippen LogP contribution in [0.5, 0.6) is 0 Å². The van der Waals surface area contributed by atoms with Gasteiger partial charge in [0.15, 0.2) is 0 Å². The highest BCUT2D eigenvalue weighted by Crippen LogP contribution is 2.20. The third-order valence-corrected chi connectivity index (χ3v) is 2.24. The first-order valence-electron chi connectivity index (χ1n) is 4.17. The van der Waals surface area contributed by atoms with Gasteiger partial charge in [0.2, 0.25) is 0 Å². The summed E-state index contributed by atoms with van der Waals surface area (Å²) in [6, 6.07) is 0.639. The molecule has 11 heavy (non-hydrogen) atoms. The molecule has 1 aliphatic rings. The Bertz CT molecular complexity index is 151. The Kier molecular flexibility index (Phi) is 2.68. The summed E-state index contributed by atoms with van der Waals surface area (Å²) in [5, 5.41) is 9.09. The van der Waals surface area contributed by atoms with Crippen molar-refractivity contribution >= 4 is 0 Å². The van der Waals surface area contributed by atoms with Crippen molar-refractivity contribution in [2.75, 3.05) is 13.6 Å². The van der Waals surface area contributed by atoms with E-state index in [4.69, 9.17) is 5.11 Å². The van der Waals surface area contributed by atoms with Crippen LogP contribution in [0.4, 0.5) is 0 Å². The molecular formula is C9H17NO. The third-order valence-electron chi connectivity index (χ3n) is 2.24. The van der Waals surface area contributed by atoms with Gasteiger partial charge < -0.3 is 5.11 Å². The Morgan fingerprint density at radius 3 is 2.73 bits per heavy atom. The summed E-state index contributed by atoms with van der Waals surface area (Å²) in [7, 11) is 2.12. The summed E-state index contributed by atoms with van der Waals surface area (Å²) < 4.78 is 0. The summed E-state index contributed by atoms with van der Waals surface area (Å²) in [4.78, 5) is 2.30. The normalized spacial score (nSPS) is 33.1. The van der Waals surface area contributed by atoms with Crippen molar-refractivity contribution < 1.29 is 5.11 Å². The standard InChI is InChI=1S/C9H17NO/c1-7-4-9(5-8(2)11)6-10(7)3/h5,7-8,11H,4,6H2,1-3H3/b9-5-. The first-order chi connectivity index (χ1) is 5.09. The molecule has 2 unspecified atom stereocenters. The SMILES string of the molecule is CC(O)/C=C1/CC(C)N(C)C1. The van der Waals surface area contributed by atoms with Gasteiger partial charge in [-0.05, 0) is 27.3 Å². The van der Waals surface area contributed by atoms with Gasteiger partial charge in [-0.2, -0.15) is 0 Å². The predicted molar refractivity (Wildman–Crippen MR) is 46.5 cm³/mol. The summed E-state index contributed by atoms with van der Waals surface area (Å²) >= 11 is 0. The highest BCUT2D eigenvalue weighted by atomic mass is 16.3. The number of likely N-dealkylation sites (tertiary alicyclic amines) is 1. The molecule has 0 spiro atoms. The fourth-order valence-electron chi connectivity index (χ4n) is 1.54. The minimum Gasteiger partial charge on any atom is -0.389 e. The molecule has 2 nitrogen and oxygen atoms in total. The Labute approximate surface area is 68.5 Å². The lowest BCUT2D eigenvalue weighted by atomic mass is 10.1. The summed E-state index contributed by atoms with van der Waals surface area (Å²) in [5.41, 5.74) is 1.37. The monoisotopic (exact) mass is 155 g/mol. The fraction of sp³-hybridized carbons (Fsp3) is 0.778. The number of hydrogen-bond donors (Lipinski definition) is 1. The van der Waals surface area contributed by atoms with Crippen LogP contribution >= 0.6 is 0 Å². The highest BCUT2D eigenvalue weighted by Gasteiger charge is 2.20. The number of aliphatic hydroxyl groups is 1. The molecule has 0 bridgehead atoms. The Hall–Kier alpha value is -0.340. The number of nitrogens with zero attached hydrogens (tertiary/aromatic N) is 1. The van der Waals surface area contributed by atoms with Crippen molar-refractivity contribution in [2.24, 2.45) is 0 Å². The molecule has 1 N–H and O–H groups in total. The molecule has 0 saturated carbocycles. The van der Waals surface area contributed by atoms with Crippen LogP contribution in [0.15, 0.2) is 11.6 Å². The van der Waals surface area contributed by atoms with E-state index in [-0.39, 0.29) is 6.10 Å². The van der Waals surface area contributed by atoms with Gasteiger partial charge in [0.1, 0.15) is 0 Å². The van der Waals surface area contributed by atoms with Gasteiger partial charge in [-0.3, -0.25) is 4.90 Å². The van der Waals surface area contributed by atoms with Gasteiger partial charge in [0.25, 0.3) is 0 Å². The molecule has 0 aromatic carbocycles. The number of likely N-dealkylation sites (N-methyl/N-ethyl adjacent to an activating group) is 1. The van der Waals surface area contributed by atoms with Crippen molar-refractivity contribution in [2.45, 2.75) is 32.4 Å². The topological polar surface area (TPSA) is 23.5 Å². The summed E-state index contributed by atoms with van der Waals surface area (Å²) in [6.07, 6.45) is 2.78. The van der Waals surface area contributed by atoms with Gasteiger partial charge in [-0.15, -0.1) is 0 Å². The molecule has 0 amide bonds. The van der Waals surface area contributed by atoms with Gasteiger partial charge in [-0.1, -0.05) is 11.6 Å². The van der Waals surface area contributed by atoms with E-state index in [9.17, 15) is 0 Å². The van der Waals surface area contributed by atoms with Crippen LogP contribution in [0, 0.1) is 0 Å². The molecule has 2 heteroatoms. The van der Waals surface area contributed by atoms with Gasteiger partial charge in [-0.25, -0.2) is 0 Å². The minimum absolute atomic E-state index is 0.288. The Morgan fingerprint density at radius 1 is 1.73 bits per heavy atom. The Morgan fingerprint density at radius 2 is 2.36 bits per heavy atom. The Balaban J connectivity index is 2.53. The van der Waals surface area contributed by atoms with Crippen LogP contribution in [-0.4, -0.2) is 35.7 Å². The zero-order valence-electron chi connectivity index (χ0n) is 7.54. The number of aliphatic hydroxyl groups excluding tert-OH is 1. The molecule has 1 heterocycles. The molecule has 0 aromatic rings. The molecule has 1 fully saturated rings. The zero-order chi connectivity index (χ0) is 8.43. The molecule has 0 aromatic heterocycles. The smallest absolute Gasteiger partial charge is 0.0695 e. The molecule has 0 radical (unpaired) electrons. The maximum absolute atomic E-state index is 9.09. The zero-order valence-corrected chi connectivity index (χ0v) is 7.54. The summed E-state index contributed by atoms with van der Waals surface area (Å²) in [6.45, 7) is 5.03. The minimum atomic E-state index is -0.288. The van der Waals surface area contributed by atoms with Crippen molar-refractivity contribution in [1.82, 2.24) is 4.90 Å². The molecule has 0 aliphatic carbocycles. The van der Waals surface area contributed by atoms with E-state index in [1.54, 1.807) is 6.92 Å². The number of rotatable bonds is 1. The maximum Gasteiger partial charge on any atom is 0.0695 e. The molecule has 1 rings (SSSR count). The van der Waals surface area contributed by atoms with E-state index < -0.39 is 0 Å². The molecule has 1 saturated heterocycles. The van der Waals surface area contributed by atoms with E-state index in [0.717, 1.165) is 13.0 Å². The lowest BCUT2D eigenvalue weighted by molar-refractivity contribution is 0.243.